The largest absolute Gasteiger partial charge is 0.366 e. The fourth-order valence-corrected chi connectivity index (χ4v) is 1.34. The second-order valence-corrected chi connectivity index (χ2v) is 3.00. The van der Waals surface area contributed by atoms with Crippen molar-refractivity contribution in [2.24, 2.45) is 5.73 Å². The van der Waals surface area contributed by atoms with Crippen LogP contribution < -0.4 is 5.73 Å². The molecule has 0 bridgehead atoms. The molecule has 0 aliphatic heterocycles. The van der Waals surface area contributed by atoms with Crippen LogP contribution in [0, 0.1) is 0 Å². The summed E-state index contributed by atoms with van der Waals surface area (Å²) in [6, 6.07) is 7.06. The molecule has 1 amide bonds. The van der Waals surface area contributed by atoms with Crippen molar-refractivity contribution in [1.29, 1.82) is 0 Å². The Morgan fingerprint density at radius 1 is 1.20 bits per heavy atom. The molecule has 0 spiro atoms. The second-order valence-electron chi connectivity index (χ2n) is 3.00. The van der Waals surface area contributed by atoms with Gasteiger partial charge in [-0.2, -0.15) is 0 Å². The van der Waals surface area contributed by atoms with Crippen molar-refractivity contribution in [3.63, 3.8) is 0 Å². The van der Waals surface area contributed by atoms with Crippen molar-refractivity contribution in [2.45, 2.75) is 0 Å². The lowest BCUT2D eigenvalue weighted by molar-refractivity contribution is 0.100. The molecule has 0 saturated carbocycles. The second kappa shape index (κ2) is 3.88. The van der Waals surface area contributed by atoms with Gasteiger partial charge in [-0.15, -0.1) is 0 Å². The van der Waals surface area contributed by atoms with Crippen molar-refractivity contribution in [3.05, 3.63) is 48.4 Å². The number of pyridine rings is 2. The summed E-state index contributed by atoms with van der Waals surface area (Å²) >= 11 is 0. The quantitative estimate of drug-likeness (QED) is 0.791. The Hall–Kier alpha value is -2.23. The van der Waals surface area contributed by atoms with E-state index in [0.29, 0.717) is 16.8 Å². The van der Waals surface area contributed by atoms with E-state index in [4.69, 9.17) is 5.73 Å². The Balaban J connectivity index is 2.58. The van der Waals surface area contributed by atoms with E-state index in [2.05, 4.69) is 9.97 Å². The van der Waals surface area contributed by atoms with Crippen molar-refractivity contribution < 1.29 is 4.79 Å². The standard InChI is InChI=1S/C11H9N3O/c12-11(15)8-4-6-13-7-9(8)10-3-1-2-5-14-10/h1-7H,(H2,12,15). The highest BCUT2D eigenvalue weighted by Gasteiger charge is 2.09. The van der Waals surface area contributed by atoms with Gasteiger partial charge in [0.05, 0.1) is 11.3 Å². The molecule has 0 unspecified atom stereocenters. The molecule has 2 rings (SSSR count). The number of rotatable bonds is 2. The predicted octanol–water partition coefficient (Wildman–Crippen LogP) is 1.24. The van der Waals surface area contributed by atoms with Crippen LogP contribution in [0.1, 0.15) is 10.4 Å². The molecule has 0 radical (unpaired) electrons. The maximum Gasteiger partial charge on any atom is 0.249 e. The summed E-state index contributed by atoms with van der Waals surface area (Å²) in [4.78, 5) is 19.3. The summed E-state index contributed by atoms with van der Waals surface area (Å²) in [6.07, 6.45) is 4.78. The lowest BCUT2D eigenvalue weighted by Crippen LogP contribution is -2.12. The molecule has 0 aromatic carbocycles. The lowest BCUT2D eigenvalue weighted by atomic mass is 10.1. The van der Waals surface area contributed by atoms with Gasteiger partial charge in [-0.1, -0.05) is 6.07 Å². The summed E-state index contributed by atoms with van der Waals surface area (Å²) in [5, 5.41) is 0. The highest BCUT2D eigenvalue weighted by Crippen LogP contribution is 2.19. The summed E-state index contributed by atoms with van der Waals surface area (Å²) < 4.78 is 0. The lowest BCUT2D eigenvalue weighted by Gasteiger charge is -2.04. The molecule has 0 aliphatic carbocycles. The third kappa shape index (κ3) is 1.83. The zero-order chi connectivity index (χ0) is 10.7. The van der Waals surface area contributed by atoms with Gasteiger partial charge >= 0.3 is 0 Å². The van der Waals surface area contributed by atoms with Crippen LogP contribution in [-0.4, -0.2) is 15.9 Å². The van der Waals surface area contributed by atoms with E-state index in [9.17, 15) is 4.79 Å². The fraction of sp³-hybridized carbons (Fsp3) is 0. The Morgan fingerprint density at radius 2 is 2.07 bits per heavy atom. The van der Waals surface area contributed by atoms with Gasteiger partial charge in [0, 0.05) is 24.2 Å². The number of carbonyl (C=O) groups excluding carboxylic acids is 1. The molecule has 0 saturated heterocycles. The average molecular weight is 199 g/mol. The predicted molar refractivity (Wildman–Crippen MR) is 56.0 cm³/mol. The number of nitrogens with two attached hydrogens (primary N) is 1. The Kier molecular flexibility index (Phi) is 2.41. The molecule has 15 heavy (non-hydrogen) atoms. The maximum absolute atomic E-state index is 11.2. The van der Waals surface area contributed by atoms with Crippen LogP contribution in [0.25, 0.3) is 11.3 Å². The van der Waals surface area contributed by atoms with Gasteiger partial charge in [0.25, 0.3) is 0 Å². The van der Waals surface area contributed by atoms with Gasteiger partial charge in [-0.3, -0.25) is 14.8 Å². The zero-order valence-electron chi connectivity index (χ0n) is 7.92. The van der Waals surface area contributed by atoms with Crippen LogP contribution in [0.5, 0.6) is 0 Å². The van der Waals surface area contributed by atoms with Gasteiger partial charge in [-0.25, -0.2) is 0 Å². The summed E-state index contributed by atoms with van der Waals surface area (Å²) in [5.74, 6) is -0.474. The highest BCUT2D eigenvalue weighted by atomic mass is 16.1. The van der Waals surface area contributed by atoms with Gasteiger partial charge in [0.15, 0.2) is 0 Å². The van der Waals surface area contributed by atoms with E-state index in [-0.39, 0.29) is 0 Å². The smallest absolute Gasteiger partial charge is 0.249 e. The van der Waals surface area contributed by atoms with E-state index in [0.717, 1.165) is 0 Å². The molecule has 0 fully saturated rings. The van der Waals surface area contributed by atoms with Gasteiger partial charge < -0.3 is 5.73 Å². The first kappa shape index (κ1) is 9.33. The molecule has 2 N–H and O–H groups in total. The number of amides is 1. The molecule has 74 valence electrons. The maximum atomic E-state index is 11.2. The number of aromatic nitrogens is 2. The molecular formula is C11H9N3O. The zero-order valence-corrected chi connectivity index (χ0v) is 7.92. The Bertz CT molecular complexity index is 482. The number of carbonyl (C=O) groups is 1. The number of nitrogens with zero attached hydrogens (tertiary/aromatic N) is 2. The van der Waals surface area contributed by atoms with Crippen LogP contribution in [0.3, 0.4) is 0 Å². The van der Waals surface area contributed by atoms with Gasteiger partial charge in [0.2, 0.25) is 5.91 Å². The molecule has 2 aromatic heterocycles. The van der Waals surface area contributed by atoms with E-state index in [1.807, 2.05) is 18.2 Å². The number of primary amides is 1. The van der Waals surface area contributed by atoms with Crippen molar-refractivity contribution >= 4 is 5.91 Å². The third-order valence-electron chi connectivity index (χ3n) is 2.03. The summed E-state index contributed by atoms with van der Waals surface area (Å²) in [6.45, 7) is 0. The summed E-state index contributed by atoms with van der Waals surface area (Å²) in [7, 11) is 0. The minimum absolute atomic E-state index is 0.434. The minimum Gasteiger partial charge on any atom is -0.366 e. The van der Waals surface area contributed by atoms with Crippen LogP contribution in [0.4, 0.5) is 0 Å². The van der Waals surface area contributed by atoms with E-state index in [1.165, 1.54) is 6.20 Å². The first-order chi connectivity index (χ1) is 7.29. The molecule has 4 heteroatoms. The molecule has 4 nitrogen and oxygen atoms in total. The van der Waals surface area contributed by atoms with E-state index in [1.54, 1.807) is 18.5 Å². The molecule has 2 heterocycles. The Labute approximate surface area is 86.8 Å². The number of hydrogen-bond donors (Lipinski definition) is 1. The number of hydrogen-bond acceptors (Lipinski definition) is 3. The molecule has 0 aliphatic rings. The first-order valence-electron chi connectivity index (χ1n) is 4.44. The van der Waals surface area contributed by atoms with Crippen LogP contribution in [0.15, 0.2) is 42.9 Å². The van der Waals surface area contributed by atoms with Gasteiger partial charge in [-0.05, 0) is 18.2 Å². The fourth-order valence-electron chi connectivity index (χ4n) is 1.34. The average Bonchev–Trinajstić information content (AvgIpc) is 2.30. The molecule has 2 aromatic rings. The first-order valence-corrected chi connectivity index (χ1v) is 4.44. The monoisotopic (exact) mass is 199 g/mol. The van der Waals surface area contributed by atoms with E-state index < -0.39 is 5.91 Å². The van der Waals surface area contributed by atoms with E-state index >= 15 is 0 Å². The van der Waals surface area contributed by atoms with Crippen LogP contribution in [0.2, 0.25) is 0 Å². The minimum atomic E-state index is -0.474. The van der Waals surface area contributed by atoms with Crippen LogP contribution in [-0.2, 0) is 0 Å². The SMILES string of the molecule is NC(=O)c1ccncc1-c1ccccn1. The molecule has 0 atom stereocenters. The highest BCUT2D eigenvalue weighted by molar-refractivity contribution is 5.99. The van der Waals surface area contributed by atoms with Crippen molar-refractivity contribution in [3.8, 4) is 11.3 Å². The molecular weight excluding hydrogens is 190 g/mol. The normalized spacial score (nSPS) is 9.87. The third-order valence-corrected chi connectivity index (χ3v) is 2.03. The van der Waals surface area contributed by atoms with Crippen molar-refractivity contribution in [1.82, 2.24) is 9.97 Å². The topological polar surface area (TPSA) is 68.9 Å². The van der Waals surface area contributed by atoms with Crippen molar-refractivity contribution in [2.75, 3.05) is 0 Å². The summed E-state index contributed by atoms with van der Waals surface area (Å²) in [5.41, 5.74) is 7.04. The van der Waals surface area contributed by atoms with Crippen LogP contribution >= 0.6 is 0 Å². The van der Waals surface area contributed by atoms with Gasteiger partial charge in [0.1, 0.15) is 0 Å². The Morgan fingerprint density at radius 3 is 2.73 bits per heavy atom.